The van der Waals surface area contributed by atoms with Gasteiger partial charge in [0, 0.05) is 32.2 Å². The Kier molecular flexibility index (Phi) is 5.99. The molecular weight excluding hydrogens is 400 g/mol. The molecule has 2 aromatic rings. The van der Waals surface area contributed by atoms with Gasteiger partial charge in [-0.05, 0) is 29.8 Å². The highest BCUT2D eigenvalue weighted by Gasteiger charge is 2.58. The second-order valence-electron chi connectivity index (χ2n) is 7.46. The van der Waals surface area contributed by atoms with Gasteiger partial charge in [0.2, 0.25) is 11.8 Å². The van der Waals surface area contributed by atoms with Crippen molar-refractivity contribution < 1.29 is 24.2 Å². The molecule has 9 nitrogen and oxygen atoms in total. The third-order valence-corrected chi connectivity index (χ3v) is 5.70. The summed E-state index contributed by atoms with van der Waals surface area (Å²) >= 11 is 0. The molecule has 2 saturated heterocycles. The van der Waals surface area contributed by atoms with E-state index in [1.165, 1.54) is 0 Å². The van der Waals surface area contributed by atoms with Crippen molar-refractivity contribution in [3.05, 3.63) is 60.2 Å². The Hall–Kier alpha value is -3.27. The average Bonchev–Trinajstić information content (AvgIpc) is 2.76. The number of aliphatic hydroxyl groups is 1. The van der Waals surface area contributed by atoms with Crippen LogP contribution in [-0.4, -0.2) is 66.7 Å². The van der Waals surface area contributed by atoms with Gasteiger partial charge in [-0.2, -0.15) is 0 Å². The molecule has 162 valence electrons. The zero-order chi connectivity index (χ0) is 21.8. The van der Waals surface area contributed by atoms with Crippen LogP contribution in [-0.2, 0) is 15.0 Å². The molecule has 9 heteroatoms. The summed E-state index contributed by atoms with van der Waals surface area (Å²) in [5.41, 5.74) is -1.23. The molecule has 0 bridgehead atoms. The molecule has 0 aliphatic carbocycles. The van der Waals surface area contributed by atoms with Gasteiger partial charge in [-0.3, -0.25) is 25.1 Å². The molecule has 2 aromatic carbocycles. The van der Waals surface area contributed by atoms with Crippen LogP contribution < -0.4 is 20.7 Å². The second kappa shape index (κ2) is 8.84. The summed E-state index contributed by atoms with van der Waals surface area (Å²) in [7, 11) is 0. The molecule has 2 heterocycles. The van der Waals surface area contributed by atoms with E-state index in [1.54, 1.807) is 24.3 Å². The van der Waals surface area contributed by atoms with Crippen LogP contribution in [0.1, 0.15) is 5.56 Å². The Bertz CT molecular complexity index is 942. The molecule has 4 rings (SSSR count). The van der Waals surface area contributed by atoms with Crippen LogP contribution in [0.25, 0.3) is 0 Å². The molecule has 1 unspecified atom stereocenters. The van der Waals surface area contributed by atoms with Crippen molar-refractivity contribution in [2.24, 2.45) is 0 Å². The van der Waals surface area contributed by atoms with E-state index < -0.39 is 29.3 Å². The standard InChI is InChI=1S/C22H24N4O5/c27-13-12-26-11-10-23-14-18(26)22(19(28)24-21(30)25-20(22)29)15-6-8-17(9-7-15)31-16-4-2-1-3-5-16/h1-9,18,23,27H,10-14H2,(H2,24,25,28,29,30). The minimum absolute atomic E-state index is 0.112. The Balaban J connectivity index is 1.73. The number of aliphatic hydroxyl groups excluding tert-OH is 1. The molecule has 4 amide bonds. The first-order valence-electron chi connectivity index (χ1n) is 10.1. The van der Waals surface area contributed by atoms with E-state index in [9.17, 15) is 19.5 Å². The minimum Gasteiger partial charge on any atom is -0.457 e. The fourth-order valence-electron chi connectivity index (χ4n) is 4.27. The number of carbonyl (C=O) groups is 3. The van der Waals surface area contributed by atoms with Gasteiger partial charge in [0.05, 0.1) is 6.61 Å². The highest BCUT2D eigenvalue weighted by molar-refractivity contribution is 6.23. The van der Waals surface area contributed by atoms with Crippen molar-refractivity contribution in [3.63, 3.8) is 0 Å². The van der Waals surface area contributed by atoms with Crippen molar-refractivity contribution >= 4 is 17.8 Å². The number of β-amino-alcohol motifs (C(OH)–C–C–N with tert-alkyl or cyclic N) is 1. The molecule has 0 saturated carbocycles. The Morgan fingerprint density at radius 1 is 0.968 bits per heavy atom. The molecule has 2 aliphatic heterocycles. The van der Waals surface area contributed by atoms with E-state index in [-0.39, 0.29) is 6.61 Å². The maximum atomic E-state index is 13.2. The van der Waals surface area contributed by atoms with E-state index in [2.05, 4.69) is 16.0 Å². The lowest BCUT2D eigenvalue weighted by Crippen LogP contribution is -2.74. The van der Waals surface area contributed by atoms with Crippen molar-refractivity contribution in [1.29, 1.82) is 0 Å². The maximum absolute atomic E-state index is 13.2. The van der Waals surface area contributed by atoms with E-state index in [1.807, 2.05) is 35.2 Å². The number of rotatable bonds is 6. The van der Waals surface area contributed by atoms with E-state index in [0.29, 0.717) is 43.2 Å². The Morgan fingerprint density at radius 2 is 1.61 bits per heavy atom. The molecule has 2 aliphatic rings. The summed E-state index contributed by atoms with van der Waals surface area (Å²) in [6.07, 6.45) is 0. The number of para-hydroxylation sites is 1. The van der Waals surface area contributed by atoms with E-state index in [4.69, 9.17) is 4.74 Å². The summed E-state index contributed by atoms with van der Waals surface area (Å²) in [6, 6.07) is 14.5. The van der Waals surface area contributed by atoms with Gasteiger partial charge in [-0.25, -0.2) is 4.79 Å². The van der Waals surface area contributed by atoms with Crippen LogP contribution in [0.3, 0.4) is 0 Å². The van der Waals surface area contributed by atoms with Crippen molar-refractivity contribution in [2.75, 3.05) is 32.8 Å². The van der Waals surface area contributed by atoms with Crippen molar-refractivity contribution in [1.82, 2.24) is 20.9 Å². The molecule has 1 atom stereocenters. The zero-order valence-electron chi connectivity index (χ0n) is 16.8. The predicted octanol–water partition coefficient (Wildman–Crippen LogP) is 0.349. The Morgan fingerprint density at radius 3 is 2.26 bits per heavy atom. The van der Waals surface area contributed by atoms with Crippen LogP contribution in [0.5, 0.6) is 11.5 Å². The normalized spacial score (nSPS) is 21.3. The summed E-state index contributed by atoms with van der Waals surface area (Å²) in [4.78, 5) is 40.1. The van der Waals surface area contributed by atoms with Crippen molar-refractivity contribution in [2.45, 2.75) is 11.5 Å². The third-order valence-electron chi connectivity index (χ3n) is 5.70. The quantitative estimate of drug-likeness (QED) is 0.494. The van der Waals surface area contributed by atoms with Gasteiger partial charge in [-0.15, -0.1) is 0 Å². The van der Waals surface area contributed by atoms with Crippen LogP contribution in [0, 0.1) is 0 Å². The molecule has 0 radical (unpaired) electrons. The van der Waals surface area contributed by atoms with Crippen LogP contribution in [0.2, 0.25) is 0 Å². The lowest BCUT2D eigenvalue weighted by Gasteiger charge is -2.47. The number of barbiturate groups is 1. The number of ether oxygens (including phenoxy) is 1. The summed E-state index contributed by atoms with van der Waals surface area (Å²) in [5, 5.41) is 17.2. The number of hydrogen-bond donors (Lipinski definition) is 4. The fourth-order valence-corrected chi connectivity index (χ4v) is 4.27. The molecule has 2 fully saturated rings. The number of piperazine rings is 1. The third kappa shape index (κ3) is 3.90. The minimum atomic E-state index is -1.66. The van der Waals surface area contributed by atoms with Crippen molar-refractivity contribution in [3.8, 4) is 11.5 Å². The number of carbonyl (C=O) groups excluding carboxylic acids is 3. The smallest absolute Gasteiger partial charge is 0.328 e. The number of urea groups is 1. The second-order valence-corrected chi connectivity index (χ2v) is 7.46. The number of nitrogens with one attached hydrogen (secondary N) is 3. The number of benzene rings is 2. The largest absolute Gasteiger partial charge is 0.457 e. The van der Waals surface area contributed by atoms with E-state index >= 15 is 0 Å². The van der Waals surface area contributed by atoms with Crippen LogP contribution in [0.4, 0.5) is 4.79 Å². The van der Waals surface area contributed by atoms with Gasteiger partial charge in [0.1, 0.15) is 11.5 Å². The number of hydrogen-bond acceptors (Lipinski definition) is 7. The van der Waals surface area contributed by atoms with Gasteiger partial charge in [0.25, 0.3) is 0 Å². The predicted molar refractivity (Wildman–Crippen MR) is 112 cm³/mol. The van der Waals surface area contributed by atoms with Gasteiger partial charge in [-0.1, -0.05) is 30.3 Å². The van der Waals surface area contributed by atoms with Crippen LogP contribution in [0.15, 0.2) is 54.6 Å². The van der Waals surface area contributed by atoms with E-state index in [0.717, 1.165) is 0 Å². The Labute approximate surface area is 179 Å². The van der Waals surface area contributed by atoms with Gasteiger partial charge >= 0.3 is 6.03 Å². The van der Waals surface area contributed by atoms with Gasteiger partial charge in [0.15, 0.2) is 5.41 Å². The molecule has 0 aromatic heterocycles. The molecular formula is C22H24N4O5. The zero-order valence-corrected chi connectivity index (χ0v) is 16.8. The SMILES string of the molecule is O=C1NC(=O)C(c2ccc(Oc3ccccc3)cc2)(C2CNCCN2CCO)C(=O)N1. The number of amides is 4. The first-order valence-corrected chi connectivity index (χ1v) is 10.1. The lowest BCUT2D eigenvalue weighted by atomic mass is 9.70. The first kappa shape index (κ1) is 21.0. The summed E-state index contributed by atoms with van der Waals surface area (Å²) in [6.45, 7) is 1.75. The lowest BCUT2D eigenvalue weighted by molar-refractivity contribution is -0.143. The topological polar surface area (TPSA) is 120 Å². The highest BCUT2D eigenvalue weighted by atomic mass is 16.5. The maximum Gasteiger partial charge on any atom is 0.328 e. The number of nitrogens with zero attached hydrogens (tertiary/aromatic N) is 1. The monoisotopic (exact) mass is 424 g/mol. The fraction of sp³-hybridized carbons (Fsp3) is 0.318. The summed E-state index contributed by atoms with van der Waals surface area (Å²) < 4.78 is 5.82. The molecule has 4 N–H and O–H groups in total. The van der Waals surface area contributed by atoms with Crippen LogP contribution >= 0.6 is 0 Å². The molecule has 0 spiro atoms. The summed E-state index contributed by atoms with van der Waals surface area (Å²) in [5.74, 6) is -0.162. The highest BCUT2D eigenvalue weighted by Crippen LogP contribution is 2.36. The van der Waals surface area contributed by atoms with Gasteiger partial charge < -0.3 is 15.2 Å². The first-order chi connectivity index (χ1) is 15.1. The molecule has 31 heavy (non-hydrogen) atoms. The average molecular weight is 424 g/mol. The number of imide groups is 2.